The number of nitrogens with zero attached hydrogens (tertiary/aromatic N) is 2. The molecule has 1 heterocycles. The van der Waals surface area contributed by atoms with Crippen molar-refractivity contribution < 1.29 is 19.5 Å². The normalized spacial score (nSPS) is 22.5. The summed E-state index contributed by atoms with van der Waals surface area (Å²) >= 11 is 0. The third-order valence-corrected chi connectivity index (χ3v) is 4.11. The first-order valence-corrected chi connectivity index (χ1v) is 7.49. The number of rotatable bonds is 5. The molecule has 0 radical (unpaired) electrons. The molecule has 0 bridgehead atoms. The van der Waals surface area contributed by atoms with Crippen molar-refractivity contribution in [2.24, 2.45) is 11.8 Å². The molecule has 6 heteroatoms. The molecule has 2 fully saturated rings. The summed E-state index contributed by atoms with van der Waals surface area (Å²) in [6.07, 6.45) is 2.53. The van der Waals surface area contributed by atoms with Gasteiger partial charge in [0.15, 0.2) is 0 Å². The largest absolute Gasteiger partial charge is 0.480 e. The summed E-state index contributed by atoms with van der Waals surface area (Å²) in [6, 6.07) is 0. The Balaban J connectivity index is 2.03. The van der Waals surface area contributed by atoms with E-state index in [0.29, 0.717) is 12.5 Å². The number of carbonyl (C=O) groups is 3. The summed E-state index contributed by atoms with van der Waals surface area (Å²) in [7, 11) is 0. The molecule has 0 spiro atoms. The van der Waals surface area contributed by atoms with Gasteiger partial charge in [-0.3, -0.25) is 14.4 Å². The molecule has 1 aliphatic carbocycles. The molecule has 1 saturated heterocycles. The molecule has 1 atom stereocenters. The zero-order chi connectivity index (χ0) is 15.8. The molecule has 0 aromatic heterocycles. The van der Waals surface area contributed by atoms with Gasteiger partial charge in [0.2, 0.25) is 11.8 Å². The van der Waals surface area contributed by atoms with Gasteiger partial charge < -0.3 is 14.9 Å². The van der Waals surface area contributed by atoms with Crippen LogP contribution in [0.3, 0.4) is 0 Å². The Morgan fingerprint density at radius 3 is 2.43 bits per heavy atom. The Kier molecular flexibility index (Phi) is 4.25. The molecular formula is C15H24N2O4. The zero-order valence-electron chi connectivity index (χ0n) is 13.0. The van der Waals surface area contributed by atoms with Gasteiger partial charge in [-0.2, -0.15) is 0 Å². The van der Waals surface area contributed by atoms with Crippen molar-refractivity contribution >= 4 is 17.8 Å². The first-order valence-electron chi connectivity index (χ1n) is 7.49. The van der Waals surface area contributed by atoms with Crippen LogP contribution in [0.25, 0.3) is 0 Å². The lowest BCUT2D eigenvalue weighted by atomic mass is 10.0. The molecule has 1 aliphatic heterocycles. The molecule has 1 saturated carbocycles. The maximum atomic E-state index is 12.6. The fraction of sp³-hybridized carbons (Fsp3) is 0.800. The standard InChI is InChI=1S/C15H24N2O4/c1-15(2,3)17(9-13(19)20)14(21)11-6-12(18)16(8-11)7-10-4-5-10/h10-11H,4-9H2,1-3H3,(H,19,20). The third kappa shape index (κ3) is 3.95. The van der Waals surface area contributed by atoms with E-state index in [4.69, 9.17) is 5.11 Å². The lowest BCUT2D eigenvalue weighted by Crippen LogP contribution is -2.51. The highest BCUT2D eigenvalue weighted by atomic mass is 16.4. The van der Waals surface area contributed by atoms with Gasteiger partial charge in [0, 0.05) is 25.0 Å². The molecular weight excluding hydrogens is 272 g/mol. The summed E-state index contributed by atoms with van der Waals surface area (Å²) in [6.45, 7) is 6.29. The summed E-state index contributed by atoms with van der Waals surface area (Å²) in [4.78, 5) is 38.7. The fourth-order valence-electron chi connectivity index (χ4n) is 2.73. The fourth-order valence-corrected chi connectivity index (χ4v) is 2.73. The molecule has 21 heavy (non-hydrogen) atoms. The van der Waals surface area contributed by atoms with Gasteiger partial charge in [0.1, 0.15) is 6.54 Å². The maximum Gasteiger partial charge on any atom is 0.323 e. The highest BCUT2D eigenvalue weighted by Gasteiger charge is 2.41. The number of aliphatic carboxylic acids is 1. The highest BCUT2D eigenvalue weighted by molar-refractivity contribution is 5.91. The van der Waals surface area contributed by atoms with E-state index < -0.39 is 17.4 Å². The van der Waals surface area contributed by atoms with Crippen LogP contribution in [-0.2, 0) is 14.4 Å². The van der Waals surface area contributed by atoms with Crippen molar-refractivity contribution in [2.45, 2.75) is 45.6 Å². The van der Waals surface area contributed by atoms with Gasteiger partial charge in [-0.25, -0.2) is 0 Å². The highest BCUT2D eigenvalue weighted by Crippen LogP contribution is 2.32. The number of hydrogen-bond donors (Lipinski definition) is 1. The van der Waals surface area contributed by atoms with E-state index in [-0.39, 0.29) is 24.8 Å². The van der Waals surface area contributed by atoms with E-state index >= 15 is 0 Å². The van der Waals surface area contributed by atoms with E-state index in [1.165, 1.54) is 4.90 Å². The Hall–Kier alpha value is -1.59. The van der Waals surface area contributed by atoms with Crippen LogP contribution in [-0.4, -0.2) is 57.9 Å². The second-order valence-electron chi connectivity index (χ2n) is 7.13. The predicted octanol–water partition coefficient (Wildman–Crippen LogP) is 0.957. The van der Waals surface area contributed by atoms with Gasteiger partial charge in [-0.05, 0) is 39.5 Å². The van der Waals surface area contributed by atoms with Crippen molar-refractivity contribution in [3.8, 4) is 0 Å². The second kappa shape index (κ2) is 5.66. The predicted molar refractivity (Wildman–Crippen MR) is 76.5 cm³/mol. The smallest absolute Gasteiger partial charge is 0.323 e. The number of hydrogen-bond acceptors (Lipinski definition) is 3. The first-order chi connectivity index (χ1) is 9.68. The molecule has 1 unspecified atom stereocenters. The van der Waals surface area contributed by atoms with Gasteiger partial charge in [0.05, 0.1) is 5.92 Å². The Labute approximate surface area is 125 Å². The first kappa shape index (κ1) is 15.8. The molecule has 118 valence electrons. The van der Waals surface area contributed by atoms with Crippen LogP contribution in [0.5, 0.6) is 0 Å². The van der Waals surface area contributed by atoms with Crippen molar-refractivity contribution in [2.75, 3.05) is 19.6 Å². The number of carbonyl (C=O) groups excluding carboxylic acids is 2. The van der Waals surface area contributed by atoms with Crippen LogP contribution in [0.2, 0.25) is 0 Å². The summed E-state index contributed by atoms with van der Waals surface area (Å²) in [5.41, 5.74) is -0.567. The van der Waals surface area contributed by atoms with E-state index in [1.54, 1.807) is 4.90 Å². The van der Waals surface area contributed by atoms with Crippen molar-refractivity contribution in [1.82, 2.24) is 9.80 Å². The number of amides is 2. The Morgan fingerprint density at radius 2 is 1.95 bits per heavy atom. The van der Waals surface area contributed by atoms with Crippen LogP contribution >= 0.6 is 0 Å². The quantitative estimate of drug-likeness (QED) is 0.819. The summed E-state index contributed by atoms with van der Waals surface area (Å²) < 4.78 is 0. The van der Waals surface area contributed by atoms with Gasteiger partial charge >= 0.3 is 5.97 Å². The summed E-state index contributed by atoms with van der Waals surface area (Å²) in [5, 5.41) is 9.00. The van der Waals surface area contributed by atoms with E-state index in [2.05, 4.69) is 0 Å². The molecule has 2 rings (SSSR count). The zero-order valence-corrected chi connectivity index (χ0v) is 13.0. The van der Waals surface area contributed by atoms with Gasteiger partial charge in [-0.15, -0.1) is 0 Å². The Morgan fingerprint density at radius 1 is 1.33 bits per heavy atom. The lowest BCUT2D eigenvalue weighted by Gasteiger charge is -2.36. The minimum Gasteiger partial charge on any atom is -0.480 e. The molecule has 2 amide bonds. The average Bonchev–Trinajstić information content (AvgIpc) is 3.08. The maximum absolute atomic E-state index is 12.6. The SMILES string of the molecule is CC(C)(C)N(CC(=O)O)C(=O)C1CC(=O)N(CC2CC2)C1. The van der Waals surface area contributed by atoms with Crippen LogP contribution in [0.15, 0.2) is 0 Å². The lowest BCUT2D eigenvalue weighted by molar-refractivity contribution is -0.150. The number of likely N-dealkylation sites (tertiary alicyclic amines) is 1. The van der Waals surface area contributed by atoms with E-state index in [1.807, 2.05) is 20.8 Å². The molecule has 2 aliphatic rings. The second-order valence-corrected chi connectivity index (χ2v) is 7.13. The average molecular weight is 296 g/mol. The minimum atomic E-state index is -1.03. The van der Waals surface area contributed by atoms with Crippen LogP contribution in [0, 0.1) is 11.8 Å². The van der Waals surface area contributed by atoms with E-state index in [9.17, 15) is 14.4 Å². The summed E-state index contributed by atoms with van der Waals surface area (Å²) in [5.74, 6) is -1.05. The van der Waals surface area contributed by atoms with E-state index in [0.717, 1.165) is 19.4 Å². The van der Waals surface area contributed by atoms with Crippen molar-refractivity contribution in [3.05, 3.63) is 0 Å². The molecule has 0 aromatic rings. The van der Waals surface area contributed by atoms with Gasteiger partial charge in [-0.1, -0.05) is 0 Å². The molecule has 0 aromatic carbocycles. The monoisotopic (exact) mass is 296 g/mol. The van der Waals surface area contributed by atoms with Crippen LogP contribution in [0.1, 0.15) is 40.0 Å². The number of carboxylic acids is 1. The van der Waals surface area contributed by atoms with Crippen molar-refractivity contribution in [1.29, 1.82) is 0 Å². The van der Waals surface area contributed by atoms with Crippen LogP contribution < -0.4 is 0 Å². The topological polar surface area (TPSA) is 77.9 Å². The third-order valence-electron chi connectivity index (χ3n) is 4.11. The van der Waals surface area contributed by atoms with Crippen LogP contribution in [0.4, 0.5) is 0 Å². The Bertz CT molecular complexity index is 451. The van der Waals surface area contributed by atoms with Gasteiger partial charge in [0.25, 0.3) is 0 Å². The van der Waals surface area contributed by atoms with Crippen molar-refractivity contribution in [3.63, 3.8) is 0 Å². The number of carboxylic acid groups (broad SMARTS) is 1. The minimum absolute atomic E-state index is 0.0180. The molecule has 1 N–H and O–H groups in total. The molecule has 6 nitrogen and oxygen atoms in total.